The molecule has 0 aliphatic heterocycles. The number of carbonyl (C=O) groups is 1. The van der Waals surface area contributed by atoms with Crippen molar-refractivity contribution in [1.82, 2.24) is 19.4 Å². The number of fused-ring (bicyclic) bond motifs is 1. The van der Waals surface area contributed by atoms with Crippen LogP contribution in [0.1, 0.15) is 21.9 Å². The number of aromatic nitrogens is 4. The Morgan fingerprint density at radius 3 is 2.73 bits per heavy atom. The fraction of sp³-hybridized carbons (Fsp3) is 0.0526. The minimum absolute atomic E-state index is 0.192. The van der Waals surface area contributed by atoms with Gasteiger partial charge < -0.3 is 0 Å². The first-order valence-electron chi connectivity index (χ1n) is 7.85. The number of thiazole rings is 1. The Labute approximate surface area is 158 Å². The van der Waals surface area contributed by atoms with E-state index >= 15 is 0 Å². The first-order chi connectivity index (χ1) is 12.6. The average Bonchev–Trinajstić information content (AvgIpc) is 3.22. The fourth-order valence-electron chi connectivity index (χ4n) is 2.67. The highest BCUT2D eigenvalue weighted by Gasteiger charge is 2.14. The van der Waals surface area contributed by atoms with Crippen LogP contribution in [0.15, 0.2) is 54.3 Å². The highest BCUT2D eigenvalue weighted by atomic mass is 35.5. The lowest BCUT2D eigenvalue weighted by Crippen LogP contribution is -2.03. The zero-order valence-electron chi connectivity index (χ0n) is 13.8. The first kappa shape index (κ1) is 16.6. The van der Waals surface area contributed by atoms with Crippen molar-refractivity contribution in [3.8, 4) is 11.3 Å². The lowest BCUT2D eigenvalue weighted by Gasteiger charge is -2.01. The van der Waals surface area contributed by atoms with Gasteiger partial charge in [-0.15, -0.1) is 11.3 Å². The van der Waals surface area contributed by atoms with Gasteiger partial charge in [0.15, 0.2) is 4.96 Å². The highest BCUT2D eigenvalue weighted by molar-refractivity contribution is 7.15. The number of rotatable bonds is 4. The molecule has 3 aromatic heterocycles. The SMILES string of the molecule is Cc1nccnc1C(=O)/C=C/c1c(-c2ccc(Cl)cc2)nc2sccn12. The molecule has 26 heavy (non-hydrogen) atoms. The summed E-state index contributed by atoms with van der Waals surface area (Å²) in [5.74, 6) is -0.192. The summed E-state index contributed by atoms with van der Waals surface area (Å²) in [5, 5.41) is 2.63. The van der Waals surface area contributed by atoms with E-state index in [4.69, 9.17) is 11.6 Å². The maximum absolute atomic E-state index is 12.5. The number of halogens is 1. The monoisotopic (exact) mass is 380 g/mol. The number of carbonyl (C=O) groups excluding carboxylic acids is 1. The topological polar surface area (TPSA) is 60.2 Å². The average molecular weight is 381 g/mol. The van der Waals surface area contributed by atoms with Crippen molar-refractivity contribution in [3.63, 3.8) is 0 Å². The molecule has 0 saturated heterocycles. The molecule has 0 bridgehead atoms. The van der Waals surface area contributed by atoms with Crippen molar-refractivity contribution < 1.29 is 4.79 Å². The van der Waals surface area contributed by atoms with Crippen LogP contribution in [0.25, 0.3) is 22.3 Å². The number of hydrogen-bond donors (Lipinski definition) is 0. The van der Waals surface area contributed by atoms with E-state index in [0.29, 0.717) is 16.4 Å². The number of allylic oxidation sites excluding steroid dienone is 1. The molecule has 4 aromatic rings. The molecule has 128 valence electrons. The van der Waals surface area contributed by atoms with Crippen LogP contribution in [0.2, 0.25) is 5.02 Å². The first-order valence-corrected chi connectivity index (χ1v) is 9.11. The Bertz CT molecular complexity index is 1130. The third-order valence-corrected chi connectivity index (χ3v) is 4.93. The number of aryl methyl sites for hydroxylation is 1. The molecule has 7 heteroatoms. The zero-order chi connectivity index (χ0) is 18.1. The van der Waals surface area contributed by atoms with E-state index in [-0.39, 0.29) is 5.78 Å². The molecule has 3 heterocycles. The van der Waals surface area contributed by atoms with Crippen molar-refractivity contribution in [2.75, 3.05) is 0 Å². The van der Waals surface area contributed by atoms with Crippen LogP contribution in [-0.2, 0) is 0 Å². The number of benzene rings is 1. The number of imidazole rings is 1. The van der Waals surface area contributed by atoms with Crippen LogP contribution in [-0.4, -0.2) is 25.1 Å². The van der Waals surface area contributed by atoms with Crippen molar-refractivity contribution in [1.29, 1.82) is 0 Å². The second-order valence-corrected chi connectivity index (χ2v) is 6.91. The second kappa shape index (κ2) is 6.82. The molecule has 0 saturated carbocycles. The Hall–Kier alpha value is -2.83. The highest BCUT2D eigenvalue weighted by Crippen LogP contribution is 2.28. The van der Waals surface area contributed by atoms with Gasteiger partial charge in [-0.2, -0.15) is 0 Å². The maximum Gasteiger partial charge on any atom is 0.206 e. The lowest BCUT2D eigenvalue weighted by atomic mass is 10.1. The normalized spacial score (nSPS) is 11.5. The van der Waals surface area contributed by atoms with Gasteiger partial charge in [0.05, 0.1) is 17.1 Å². The third-order valence-electron chi connectivity index (χ3n) is 3.92. The van der Waals surface area contributed by atoms with Crippen molar-refractivity contribution in [2.24, 2.45) is 0 Å². The number of nitrogens with zero attached hydrogens (tertiary/aromatic N) is 4. The van der Waals surface area contributed by atoms with E-state index in [1.54, 1.807) is 19.2 Å². The predicted molar refractivity (Wildman–Crippen MR) is 104 cm³/mol. The van der Waals surface area contributed by atoms with E-state index in [2.05, 4.69) is 15.0 Å². The van der Waals surface area contributed by atoms with Crippen LogP contribution in [0, 0.1) is 6.92 Å². The molecule has 0 unspecified atom stereocenters. The fourth-order valence-corrected chi connectivity index (χ4v) is 3.51. The number of hydrogen-bond acceptors (Lipinski definition) is 5. The van der Waals surface area contributed by atoms with E-state index in [1.165, 1.54) is 23.6 Å². The van der Waals surface area contributed by atoms with Crippen molar-refractivity contribution >= 4 is 39.8 Å². The lowest BCUT2D eigenvalue weighted by molar-refractivity contribution is 0.104. The minimum atomic E-state index is -0.192. The quantitative estimate of drug-likeness (QED) is 0.380. The zero-order valence-corrected chi connectivity index (χ0v) is 15.3. The molecule has 0 radical (unpaired) electrons. The molecule has 0 aliphatic rings. The summed E-state index contributed by atoms with van der Waals surface area (Å²) in [4.78, 5) is 26.3. The smallest absolute Gasteiger partial charge is 0.206 e. The molecule has 0 spiro atoms. The summed E-state index contributed by atoms with van der Waals surface area (Å²) in [5.41, 5.74) is 3.52. The molecule has 5 nitrogen and oxygen atoms in total. The molecule has 0 aliphatic carbocycles. The molecular formula is C19H13ClN4OS. The number of ketones is 1. The summed E-state index contributed by atoms with van der Waals surface area (Å²) < 4.78 is 1.96. The summed E-state index contributed by atoms with van der Waals surface area (Å²) in [6.07, 6.45) is 8.30. The van der Waals surface area contributed by atoms with Gasteiger partial charge in [0.2, 0.25) is 5.78 Å². The van der Waals surface area contributed by atoms with Crippen LogP contribution < -0.4 is 0 Å². The Morgan fingerprint density at radius 1 is 1.19 bits per heavy atom. The maximum atomic E-state index is 12.5. The van der Waals surface area contributed by atoms with E-state index in [9.17, 15) is 4.79 Å². The van der Waals surface area contributed by atoms with Crippen LogP contribution in [0.4, 0.5) is 0 Å². The van der Waals surface area contributed by atoms with E-state index in [1.807, 2.05) is 40.2 Å². The van der Waals surface area contributed by atoms with Crippen LogP contribution in [0.5, 0.6) is 0 Å². The van der Waals surface area contributed by atoms with Crippen molar-refractivity contribution in [2.45, 2.75) is 6.92 Å². The molecule has 0 atom stereocenters. The third kappa shape index (κ3) is 3.05. The molecule has 4 rings (SSSR count). The van der Waals surface area contributed by atoms with Gasteiger partial charge in [0.1, 0.15) is 5.69 Å². The van der Waals surface area contributed by atoms with Gasteiger partial charge in [-0.3, -0.25) is 14.2 Å². The minimum Gasteiger partial charge on any atom is -0.290 e. The van der Waals surface area contributed by atoms with Gasteiger partial charge >= 0.3 is 0 Å². The van der Waals surface area contributed by atoms with E-state index in [0.717, 1.165) is 21.9 Å². The van der Waals surface area contributed by atoms with Gasteiger partial charge in [-0.1, -0.05) is 23.7 Å². The summed E-state index contributed by atoms with van der Waals surface area (Å²) in [6.45, 7) is 1.77. The Morgan fingerprint density at radius 2 is 1.96 bits per heavy atom. The molecular weight excluding hydrogens is 368 g/mol. The standard InChI is InChI=1S/C19H13ClN4OS/c1-12-17(22-9-8-21-12)16(25)7-6-15-18(13-2-4-14(20)5-3-13)23-19-24(15)10-11-26-19/h2-11H,1H3/b7-6+. The summed E-state index contributed by atoms with van der Waals surface area (Å²) in [6, 6.07) is 7.49. The van der Waals surface area contributed by atoms with Gasteiger partial charge in [0, 0.05) is 34.6 Å². The largest absolute Gasteiger partial charge is 0.290 e. The predicted octanol–water partition coefficient (Wildman–Crippen LogP) is 4.71. The van der Waals surface area contributed by atoms with Gasteiger partial charge in [-0.05, 0) is 31.2 Å². The Kier molecular flexibility index (Phi) is 4.36. The van der Waals surface area contributed by atoms with Crippen molar-refractivity contribution in [3.05, 3.63) is 76.4 Å². The molecule has 0 fully saturated rings. The van der Waals surface area contributed by atoms with Gasteiger partial charge in [-0.25, -0.2) is 9.97 Å². The molecule has 0 amide bonds. The second-order valence-electron chi connectivity index (χ2n) is 5.60. The molecule has 0 N–H and O–H groups in total. The summed E-state index contributed by atoms with van der Waals surface area (Å²) >= 11 is 7.52. The van der Waals surface area contributed by atoms with E-state index < -0.39 is 0 Å². The van der Waals surface area contributed by atoms with Crippen LogP contribution >= 0.6 is 22.9 Å². The molecule has 1 aromatic carbocycles. The Balaban J connectivity index is 1.77. The van der Waals surface area contributed by atoms with Gasteiger partial charge in [0.25, 0.3) is 0 Å². The summed E-state index contributed by atoms with van der Waals surface area (Å²) in [7, 11) is 0. The van der Waals surface area contributed by atoms with Crippen LogP contribution in [0.3, 0.4) is 0 Å².